The molecule has 0 fully saturated rings. The van der Waals surface area contributed by atoms with Gasteiger partial charge in [-0.25, -0.2) is 0 Å². The zero-order valence-electron chi connectivity index (χ0n) is 19.5. The second-order valence-corrected chi connectivity index (χ2v) is 9.63. The lowest BCUT2D eigenvalue weighted by molar-refractivity contribution is 0.0880. The third kappa shape index (κ3) is 3.54. The number of halogens is 1. The van der Waals surface area contributed by atoms with E-state index in [-0.39, 0.29) is 5.91 Å². The fourth-order valence-electron chi connectivity index (χ4n) is 5.15. The van der Waals surface area contributed by atoms with Gasteiger partial charge in [-0.05, 0) is 75.3 Å². The van der Waals surface area contributed by atoms with Crippen LogP contribution in [-0.4, -0.2) is 41.9 Å². The molecule has 2 heterocycles. The van der Waals surface area contributed by atoms with Gasteiger partial charge < -0.3 is 15.2 Å². The van der Waals surface area contributed by atoms with Crippen molar-refractivity contribution in [3.8, 4) is 11.1 Å². The zero-order valence-corrected chi connectivity index (χ0v) is 20.3. The average Bonchev–Trinajstić information content (AvgIpc) is 3.24. The number of rotatable bonds is 6. The van der Waals surface area contributed by atoms with Crippen LogP contribution < -0.4 is 11.1 Å². The lowest BCUT2D eigenvalue weighted by atomic mass is 9.92. The van der Waals surface area contributed by atoms with Gasteiger partial charge >= 0.3 is 0 Å². The van der Waals surface area contributed by atoms with Crippen LogP contribution in [0, 0.1) is 0 Å². The van der Waals surface area contributed by atoms with Gasteiger partial charge in [-0.15, -0.1) is 0 Å². The van der Waals surface area contributed by atoms with Gasteiger partial charge in [-0.2, -0.15) is 0 Å². The topological polar surface area (TPSA) is 80.4 Å². The van der Waals surface area contributed by atoms with Crippen LogP contribution in [0.5, 0.6) is 0 Å². The lowest BCUT2D eigenvalue weighted by Crippen LogP contribution is -2.20. The third-order valence-electron chi connectivity index (χ3n) is 6.63. The number of anilines is 1. The second-order valence-electron chi connectivity index (χ2n) is 9.23. The molecule has 174 valence electrons. The van der Waals surface area contributed by atoms with E-state index in [4.69, 9.17) is 17.3 Å². The molecule has 3 aromatic carbocycles. The van der Waals surface area contributed by atoms with Gasteiger partial charge in [0.1, 0.15) is 0 Å². The van der Waals surface area contributed by atoms with Crippen LogP contribution in [-0.2, 0) is 13.5 Å². The average molecular weight is 475 g/mol. The van der Waals surface area contributed by atoms with Gasteiger partial charge in [-0.3, -0.25) is 14.9 Å². The minimum absolute atomic E-state index is 0.369. The Morgan fingerprint density at radius 2 is 1.74 bits per heavy atom. The van der Waals surface area contributed by atoms with E-state index in [1.807, 2.05) is 43.4 Å². The molecule has 0 spiro atoms. The molecule has 0 unspecified atom stereocenters. The van der Waals surface area contributed by atoms with Crippen molar-refractivity contribution in [2.75, 3.05) is 26.4 Å². The number of fused-ring (bicyclic) bond motifs is 5. The summed E-state index contributed by atoms with van der Waals surface area (Å²) in [6.07, 6.45) is 2.99. The van der Waals surface area contributed by atoms with Crippen molar-refractivity contribution in [1.82, 2.24) is 14.8 Å². The molecule has 0 bridgehead atoms. The monoisotopic (exact) mass is 474 g/mol. The fourth-order valence-corrected chi connectivity index (χ4v) is 5.39. The number of nitrogens with two attached hydrogens (primary N) is 1. The molecule has 3 N–H and O–H groups in total. The van der Waals surface area contributed by atoms with Crippen LogP contribution in [0.2, 0.25) is 5.02 Å². The molecule has 7 heteroatoms. The maximum absolute atomic E-state index is 13.0. The van der Waals surface area contributed by atoms with Gasteiger partial charge in [0, 0.05) is 34.1 Å². The summed E-state index contributed by atoms with van der Waals surface area (Å²) in [4.78, 5) is 28.1. The number of carbonyl (C=O) groups excluding carboxylic acids is 2. The fraction of sp³-hybridized carbons (Fsp3) is 0.259. The van der Waals surface area contributed by atoms with Crippen molar-refractivity contribution in [3.05, 3.63) is 64.2 Å². The normalized spacial score (nSPS) is 13.3. The summed E-state index contributed by atoms with van der Waals surface area (Å²) < 4.78 is 2.11. The molecule has 5 rings (SSSR count). The molecule has 2 amide bonds. The highest BCUT2D eigenvalue weighted by atomic mass is 35.5. The highest BCUT2D eigenvalue weighted by Crippen LogP contribution is 2.42. The van der Waals surface area contributed by atoms with Crippen molar-refractivity contribution < 1.29 is 9.59 Å². The Bertz CT molecular complexity index is 1490. The van der Waals surface area contributed by atoms with Gasteiger partial charge in [0.2, 0.25) is 0 Å². The van der Waals surface area contributed by atoms with E-state index in [0.717, 1.165) is 58.7 Å². The molecule has 4 aromatic rings. The maximum atomic E-state index is 13.0. The number of unbranched alkanes of at least 4 members (excludes halogenated alkanes) is 1. The first-order valence-corrected chi connectivity index (χ1v) is 11.8. The number of hydrogen-bond donors (Lipinski definition) is 2. The van der Waals surface area contributed by atoms with Gasteiger partial charge in [0.05, 0.1) is 22.2 Å². The highest BCUT2D eigenvalue weighted by molar-refractivity contribution is 6.36. The first-order chi connectivity index (χ1) is 16.3. The number of nitrogens with zero attached hydrogens (tertiary/aromatic N) is 2. The van der Waals surface area contributed by atoms with Gasteiger partial charge in [-0.1, -0.05) is 29.8 Å². The number of aromatic nitrogens is 1. The van der Waals surface area contributed by atoms with Crippen molar-refractivity contribution in [3.63, 3.8) is 0 Å². The van der Waals surface area contributed by atoms with E-state index in [9.17, 15) is 9.59 Å². The first-order valence-electron chi connectivity index (χ1n) is 11.4. The van der Waals surface area contributed by atoms with Crippen LogP contribution in [0.1, 0.15) is 39.1 Å². The summed E-state index contributed by atoms with van der Waals surface area (Å²) in [5, 5.41) is 4.68. The number of aryl methyl sites for hydroxylation is 2. The number of nitrogen functional groups attached to an aromatic ring is 1. The molecule has 1 aliphatic rings. The third-order valence-corrected chi connectivity index (χ3v) is 6.96. The number of amides is 2. The molecule has 6 nitrogen and oxygen atoms in total. The minimum Gasteiger partial charge on any atom is -0.399 e. The van der Waals surface area contributed by atoms with Gasteiger partial charge in [0.15, 0.2) is 0 Å². The number of carbonyl (C=O) groups is 2. The molecule has 1 aromatic heterocycles. The standard InChI is InChI=1S/C27H27ClN4O2/c1-31(2)11-7-6-8-15-12-16(29)13-19-22-21(32(3)25(15)19)14-18(17-9-4-5-10-20(17)28)23-24(22)27(34)30-26(23)33/h4-5,9-10,12-14H,6-8,11,29H2,1-3H3,(H,30,33,34). The number of imide groups is 1. The summed E-state index contributed by atoms with van der Waals surface area (Å²) >= 11 is 6.51. The summed E-state index contributed by atoms with van der Waals surface area (Å²) in [6.45, 7) is 1.03. The smallest absolute Gasteiger partial charge is 0.259 e. The summed E-state index contributed by atoms with van der Waals surface area (Å²) in [7, 11) is 6.15. The molecule has 0 saturated heterocycles. The van der Waals surface area contributed by atoms with E-state index >= 15 is 0 Å². The quantitative estimate of drug-likeness (QED) is 0.234. The second kappa shape index (κ2) is 8.46. The summed E-state index contributed by atoms with van der Waals surface area (Å²) in [6, 6.07) is 13.3. The predicted octanol–water partition coefficient (Wildman–Crippen LogP) is 5.00. The van der Waals surface area contributed by atoms with Crippen molar-refractivity contribution in [2.24, 2.45) is 7.05 Å². The van der Waals surface area contributed by atoms with Crippen molar-refractivity contribution in [2.45, 2.75) is 19.3 Å². The molecule has 0 radical (unpaired) electrons. The molecule has 34 heavy (non-hydrogen) atoms. The number of hydrogen-bond acceptors (Lipinski definition) is 4. The van der Waals surface area contributed by atoms with Crippen LogP contribution in [0.3, 0.4) is 0 Å². The van der Waals surface area contributed by atoms with E-state index in [2.05, 4.69) is 28.9 Å². The van der Waals surface area contributed by atoms with E-state index < -0.39 is 5.91 Å². The Morgan fingerprint density at radius 3 is 2.47 bits per heavy atom. The van der Waals surface area contributed by atoms with Gasteiger partial charge in [0.25, 0.3) is 11.8 Å². The first kappa shape index (κ1) is 22.4. The van der Waals surface area contributed by atoms with Crippen molar-refractivity contribution in [1.29, 1.82) is 0 Å². The minimum atomic E-state index is -0.401. The number of nitrogens with one attached hydrogen (secondary N) is 1. The SMILES string of the molecule is CN(C)CCCCc1cc(N)cc2c3c4c(c(-c5ccccc5Cl)cc3n(C)c12)C(=O)NC4=O. The molecular weight excluding hydrogens is 448 g/mol. The Kier molecular flexibility index (Phi) is 5.58. The number of benzene rings is 3. The maximum Gasteiger partial charge on any atom is 0.259 e. The molecular formula is C27H27ClN4O2. The molecule has 0 aliphatic carbocycles. The molecule has 0 saturated carbocycles. The Morgan fingerprint density at radius 1 is 1.00 bits per heavy atom. The van der Waals surface area contributed by atoms with E-state index in [1.165, 1.54) is 0 Å². The van der Waals surface area contributed by atoms with E-state index in [0.29, 0.717) is 27.4 Å². The summed E-state index contributed by atoms with van der Waals surface area (Å²) in [5.41, 5.74) is 12.2. The highest BCUT2D eigenvalue weighted by Gasteiger charge is 2.35. The predicted molar refractivity (Wildman–Crippen MR) is 139 cm³/mol. The Labute approximate surface area is 203 Å². The molecule has 1 aliphatic heterocycles. The van der Waals surface area contributed by atoms with E-state index in [1.54, 1.807) is 6.07 Å². The van der Waals surface area contributed by atoms with Crippen molar-refractivity contribution >= 4 is 50.9 Å². The lowest BCUT2D eigenvalue weighted by Gasteiger charge is -2.11. The Balaban J connectivity index is 1.80. The zero-order chi connectivity index (χ0) is 24.1. The molecule has 0 atom stereocenters. The van der Waals surface area contributed by atoms with Crippen LogP contribution in [0.25, 0.3) is 32.9 Å². The summed E-state index contributed by atoms with van der Waals surface area (Å²) in [5.74, 6) is -0.789. The Hall–Kier alpha value is -3.35. The van der Waals surface area contributed by atoms with Crippen LogP contribution in [0.15, 0.2) is 42.5 Å². The van der Waals surface area contributed by atoms with Crippen LogP contribution in [0.4, 0.5) is 5.69 Å². The van der Waals surface area contributed by atoms with Crippen LogP contribution >= 0.6 is 11.6 Å². The largest absolute Gasteiger partial charge is 0.399 e.